The van der Waals surface area contributed by atoms with E-state index in [1.165, 1.54) is 24.8 Å². The molecule has 4 aromatic heterocycles. The molecule has 0 aliphatic heterocycles. The van der Waals surface area contributed by atoms with Crippen LogP contribution in [0.4, 0.5) is 0 Å². The Labute approximate surface area is 302 Å². The summed E-state index contributed by atoms with van der Waals surface area (Å²) in [4.78, 5) is 61.5. The van der Waals surface area contributed by atoms with Crippen molar-refractivity contribution in [3.63, 3.8) is 0 Å². The highest BCUT2D eigenvalue weighted by Gasteiger charge is 2.13. The first kappa shape index (κ1) is 38.4. The van der Waals surface area contributed by atoms with E-state index in [1.54, 1.807) is 30.6 Å². The summed E-state index contributed by atoms with van der Waals surface area (Å²) in [5.74, 6) is -1.24. The van der Waals surface area contributed by atoms with Gasteiger partial charge in [-0.15, -0.1) is 0 Å². The fourth-order valence-corrected chi connectivity index (χ4v) is 5.01. The maximum atomic E-state index is 12.4. The molecule has 0 radical (unpaired) electrons. The van der Waals surface area contributed by atoms with Crippen LogP contribution in [0.2, 0.25) is 0 Å². The molecule has 0 spiro atoms. The minimum absolute atomic E-state index is 0.255. The van der Waals surface area contributed by atoms with Crippen molar-refractivity contribution in [1.29, 1.82) is 0 Å². The second-order valence-corrected chi connectivity index (χ2v) is 11.8. The van der Waals surface area contributed by atoms with Crippen LogP contribution in [0.3, 0.4) is 0 Å². The molecule has 0 fully saturated rings. The summed E-state index contributed by atoms with van der Waals surface area (Å²) in [6.07, 6.45) is 12.5. The number of amides is 4. The number of pyridine rings is 3. The molecule has 0 saturated heterocycles. The van der Waals surface area contributed by atoms with Crippen molar-refractivity contribution in [2.24, 2.45) is 0 Å². The van der Waals surface area contributed by atoms with Gasteiger partial charge in [0.05, 0.1) is 11.1 Å². The molecule has 4 heterocycles. The van der Waals surface area contributed by atoms with Gasteiger partial charge >= 0.3 is 0 Å². The second-order valence-electron chi connectivity index (χ2n) is 11.8. The number of hydrogen-bond donors (Lipinski definition) is 5. The van der Waals surface area contributed by atoms with Crippen LogP contribution < -0.4 is 21.7 Å². The lowest BCUT2D eigenvalue weighted by molar-refractivity contribution is -0.110. The van der Waals surface area contributed by atoms with Gasteiger partial charge in [-0.25, -0.2) is 0 Å². The van der Waals surface area contributed by atoms with Gasteiger partial charge in [-0.3, -0.25) is 55.8 Å². The molecule has 4 amide bonds. The predicted molar refractivity (Wildman–Crippen MR) is 202 cm³/mol. The van der Waals surface area contributed by atoms with Gasteiger partial charge in [0.15, 0.2) is 0 Å². The van der Waals surface area contributed by atoms with Crippen molar-refractivity contribution in [2.75, 3.05) is 0 Å². The zero-order chi connectivity index (χ0) is 37.1. The Balaban J connectivity index is 0.000000196. The molecule has 0 bridgehead atoms. The van der Waals surface area contributed by atoms with Gasteiger partial charge in [-0.1, -0.05) is 75.2 Å². The molecule has 268 valence electrons. The number of aromatic amines is 1. The third-order valence-corrected chi connectivity index (χ3v) is 7.87. The van der Waals surface area contributed by atoms with E-state index < -0.39 is 11.8 Å². The maximum absolute atomic E-state index is 12.4. The monoisotopic (exact) mass is 700 g/mol. The third-order valence-electron chi connectivity index (χ3n) is 7.87. The topological polar surface area (TPSA) is 171 Å². The van der Waals surface area contributed by atoms with E-state index in [4.69, 9.17) is 0 Å². The predicted octanol–water partition coefficient (Wildman–Crippen LogP) is 6.34. The molecule has 5 N–H and O–H groups in total. The molecule has 0 unspecified atom stereocenters. The minimum atomic E-state index is -0.459. The fraction of sp³-hybridized carbons (Fsp3) is 0.225. The Kier molecular flexibility index (Phi) is 15.0. The number of nitrogens with one attached hydrogen (secondary N) is 5. The summed E-state index contributed by atoms with van der Waals surface area (Å²) in [7, 11) is 0. The normalized spacial score (nSPS) is 10.2. The second kappa shape index (κ2) is 20.3. The number of hydrazine groups is 2. The van der Waals surface area contributed by atoms with E-state index in [2.05, 4.69) is 67.6 Å². The summed E-state index contributed by atoms with van der Waals surface area (Å²) in [5.41, 5.74) is 15.4. The first-order valence-electron chi connectivity index (χ1n) is 17.2. The number of carbonyl (C=O) groups is 4. The highest BCUT2D eigenvalue weighted by molar-refractivity contribution is 6.07. The molecule has 6 aromatic rings. The highest BCUT2D eigenvalue weighted by Crippen LogP contribution is 2.16. The number of nitrogens with zero attached hydrogens (tertiary/aromatic N) is 3. The van der Waals surface area contributed by atoms with Crippen LogP contribution in [0.15, 0.2) is 104 Å². The zero-order valence-electron chi connectivity index (χ0n) is 29.6. The van der Waals surface area contributed by atoms with Crippen molar-refractivity contribution < 1.29 is 19.2 Å². The van der Waals surface area contributed by atoms with Crippen molar-refractivity contribution in [1.82, 2.24) is 41.6 Å². The number of H-pyrrole nitrogens is 1. The Bertz CT molecular complexity index is 2020. The molecule has 2 aromatic carbocycles. The lowest BCUT2D eigenvalue weighted by Gasteiger charge is -2.09. The van der Waals surface area contributed by atoms with Gasteiger partial charge in [-0.2, -0.15) is 0 Å². The van der Waals surface area contributed by atoms with E-state index in [1.807, 2.05) is 67.7 Å². The SMILES string of the molecule is CCCCc1ccc(C(=O)NNC(=O)c2ccnc3ccccc23)nc1.CCCCc1ccc(C)nc1.O=CNNC(=O)c1cc2ccccc2[nH]1. The summed E-state index contributed by atoms with van der Waals surface area (Å²) < 4.78 is 0. The molecular weight excluding hydrogens is 656 g/mol. The zero-order valence-corrected chi connectivity index (χ0v) is 29.6. The number of fused-ring (bicyclic) bond motifs is 2. The van der Waals surface area contributed by atoms with Crippen molar-refractivity contribution in [2.45, 2.75) is 59.3 Å². The van der Waals surface area contributed by atoms with E-state index in [0.717, 1.165) is 52.3 Å². The van der Waals surface area contributed by atoms with Crippen LogP contribution in [-0.4, -0.2) is 44.1 Å². The fourth-order valence-electron chi connectivity index (χ4n) is 5.01. The molecule has 12 heteroatoms. The smallest absolute Gasteiger partial charge is 0.288 e. The van der Waals surface area contributed by atoms with Gasteiger partial charge < -0.3 is 4.98 Å². The third kappa shape index (κ3) is 11.6. The van der Waals surface area contributed by atoms with Crippen LogP contribution in [0.1, 0.15) is 87.7 Å². The Morgan fingerprint density at radius 1 is 0.712 bits per heavy atom. The number of hydrogen-bond acceptors (Lipinski definition) is 7. The molecule has 0 atom stereocenters. The Morgan fingerprint density at radius 3 is 2.04 bits per heavy atom. The molecule has 0 saturated carbocycles. The molecule has 6 rings (SSSR count). The number of unbranched alkanes of at least 4 members (excludes halogenated alkanes) is 2. The quantitative estimate of drug-likeness (QED) is 0.0776. The Morgan fingerprint density at radius 2 is 1.38 bits per heavy atom. The van der Waals surface area contributed by atoms with Gasteiger partial charge in [0.2, 0.25) is 6.41 Å². The number of para-hydroxylation sites is 2. The largest absolute Gasteiger partial charge is 0.350 e. The summed E-state index contributed by atoms with van der Waals surface area (Å²) in [6.45, 7) is 6.36. The van der Waals surface area contributed by atoms with E-state index in [-0.39, 0.29) is 11.6 Å². The lowest BCUT2D eigenvalue weighted by atomic mass is 10.1. The van der Waals surface area contributed by atoms with Gasteiger partial charge in [-0.05, 0) is 80.1 Å². The van der Waals surface area contributed by atoms with Crippen molar-refractivity contribution in [3.05, 3.63) is 137 Å². The molecule has 12 nitrogen and oxygen atoms in total. The number of carbonyl (C=O) groups excluding carboxylic acids is 4. The summed E-state index contributed by atoms with van der Waals surface area (Å²) in [5, 5.41) is 1.67. The molecular formula is C40H44N8O4. The van der Waals surface area contributed by atoms with Crippen molar-refractivity contribution >= 4 is 45.9 Å². The van der Waals surface area contributed by atoms with Crippen LogP contribution in [-0.2, 0) is 17.6 Å². The highest BCUT2D eigenvalue weighted by atomic mass is 16.2. The average Bonchev–Trinajstić information content (AvgIpc) is 3.63. The standard InChI is InChI=1S/C20H20N4O2.C10H9N3O2.C10H15N/c1-2-3-6-14-9-10-18(22-13-14)20(26)24-23-19(25)16-11-12-21-17-8-5-4-7-15(16)17;14-6-11-13-10(15)9-5-7-3-1-2-4-8(7)12-9;1-3-4-5-10-7-6-9(2)11-8-10/h4-5,7-13H,2-3,6H2,1H3,(H,23,25)(H,24,26);1-6,12H,(H,11,14)(H,13,15);6-8H,3-5H2,1-2H3. The first-order chi connectivity index (χ1) is 25.3. The van der Waals surface area contributed by atoms with Crippen molar-refractivity contribution in [3.8, 4) is 0 Å². The number of benzene rings is 2. The first-order valence-corrected chi connectivity index (χ1v) is 17.2. The summed E-state index contributed by atoms with van der Waals surface area (Å²) in [6, 6.07) is 26.0. The van der Waals surface area contributed by atoms with E-state index in [9.17, 15) is 19.2 Å². The van der Waals surface area contributed by atoms with E-state index >= 15 is 0 Å². The number of rotatable bonds is 11. The van der Waals surface area contributed by atoms with Crippen LogP contribution in [0.5, 0.6) is 0 Å². The number of aryl methyl sites for hydroxylation is 3. The summed E-state index contributed by atoms with van der Waals surface area (Å²) >= 11 is 0. The van der Waals surface area contributed by atoms with E-state index in [0.29, 0.717) is 17.7 Å². The maximum Gasteiger partial charge on any atom is 0.288 e. The molecule has 52 heavy (non-hydrogen) atoms. The van der Waals surface area contributed by atoms with Gasteiger partial charge in [0, 0.05) is 40.6 Å². The Hall–Kier alpha value is -6.43. The average molecular weight is 701 g/mol. The lowest BCUT2D eigenvalue weighted by Crippen LogP contribution is -2.42. The number of aromatic nitrogens is 4. The molecule has 0 aliphatic carbocycles. The molecule has 0 aliphatic rings. The minimum Gasteiger partial charge on any atom is -0.350 e. The van der Waals surface area contributed by atoms with Crippen LogP contribution in [0.25, 0.3) is 21.8 Å². The van der Waals surface area contributed by atoms with Crippen LogP contribution >= 0.6 is 0 Å². The van der Waals surface area contributed by atoms with Gasteiger partial charge in [0.25, 0.3) is 17.7 Å². The van der Waals surface area contributed by atoms with Crippen LogP contribution in [0, 0.1) is 6.92 Å². The van der Waals surface area contributed by atoms with Gasteiger partial charge in [0.1, 0.15) is 11.4 Å².